The minimum Gasteiger partial charge on any atom is -0.494 e. The van der Waals surface area contributed by atoms with Gasteiger partial charge in [0, 0.05) is 23.5 Å². The fourth-order valence-corrected chi connectivity index (χ4v) is 3.03. The maximum Gasteiger partial charge on any atom is 0.248 e. The van der Waals surface area contributed by atoms with E-state index in [1.165, 1.54) is 6.08 Å². The number of carbonyl (C=O) groups excluding carboxylic acids is 1. The molecule has 0 unspecified atom stereocenters. The normalized spacial score (nSPS) is 11.1. The van der Waals surface area contributed by atoms with E-state index in [1.807, 2.05) is 77.3 Å². The van der Waals surface area contributed by atoms with Gasteiger partial charge in [0.1, 0.15) is 5.75 Å². The lowest BCUT2D eigenvalue weighted by Gasteiger charge is -2.05. The average Bonchev–Trinajstić information content (AvgIpc) is 3.21. The zero-order valence-corrected chi connectivity index (χ0v) is 16.7. The maximum atomic E-state index is 12.3. The third-order valence-corrected chi connectivity index (χ3v) is 4.48. The quantitative estimate of drug-likeness (QED) is 0.453. The van der Waals surface area contributed by atoms with Crippen molar-refractivity contribution in [2.75, 3.05) is 11.9 Å². The van der Waals surface area contributed by atoms with E-state index in [2.05, 4.69) is 22.4 Å². The van der Waals surface area contributed by atoms with Crippen LogP contribution in [0.5, 0.6) is 5.75 Å². The highest BCUT2D eigenvalue weighted by Crippen LogP contribution is 2.22. The van der Waals surface area contributed by atoms with Gasteiger partial charge >= 0.3 is 0 Å². The summed E-state index contributed by atoms with van der Waals surface area (Å²) in [4.78, 5) is 12.3. The van der Waals surface area contributed by atoms with Gasteiger partial charge in [-0.1, -0.05) is 37.3 Å². The molecule has 4 aromatic rings. The molecule has 0 saturated heterocycles. The van der Waals surface area contributed by atoms with Crippen LogP contribution in [0.2, 0.25) is 0 Å². The first-order chi connectivity index (χ1) is 14.7. The van der Waals surface area contributed by atoms with Gasteiger partial charge in [-0.15, -0.1) is 10.2 Å². The Hall–Kier alpha value is -3.93. The Morgan fingerprint density at radius 2 is 1.93 bits per heavy atom. The Labute approximate surface area is 174 Å². The van der Waals surface area contributed by atoms with Gasteiger partial charge in [0.2, 0.25) is 5.91 Å². The Morgan fingerprint density at radius 1 is 1.07 bits per heavy atom. The van der Waals surface area contributed by atoms with Crippen molar-refractivity contribution < 1.29 is 9.53 Å². The van der Waals surface area contributed by atoms with Crippen LogP contribution in [0.15, 0.2) is 79.0 Å². The molecule has 2 aromatic carbocycles. The van der Waals surface area contributed by atoms with E-state index in [9.17, 15) is 4.79 Å². The number of amides is 1. The van der Waals surface area contributed by atoms with Gasteiger partial charge in [-0.25, -0.2) is 0 Å². The third kappa shape index (κ3) is 4.55. The highest BCUT2D eigenvalue weighted by Gasteiger charge is 2.08. The summed E-state index contributed by atoms with van der Waals surface area (Å²) < 4.78 is 7.48. The monoisotopic (exact) mass is 398 g/mol. The zero-order valence-electron chi connectivity index (χ0n) is 16.7. The van der Waals surface area contributed by atoms with Crippen molar-refractivity contribution in [1.29, 1.82) is 0 Å². The van der Waals surface area contributed by atoms with Crippen LogP contribution in [0.1, 0.15) is 18.9 Å². The predicted octanol–water partition coefficient (Wildman–Crippen LogP) is 4.84. The molecule has 0 aliphatic rings. The first-order valence-electron chi connectivity index (χ1n) is 9.85. The molecule has 0 aliphatic heterocycles. The van der Waals surface area contributed by atoms with Crippen LogP contribution in [0.3, 0.4) is 0 Å². The number of benzene rings is 2. The van der Waals surface area contributed by atoms with Crippen molar-refractivity contribution in [2.45, 2.75) is 13.3 Å². The molecule has 2 heterocycles. The smallest absolute Gasteiger partial charge is 0.248 e. The second-order valence-corrected chi connectivity index (χ2v) is 6.77. The molecule has 0 saturated carbocycles. The SMILES string of the molecule is CCCOc1ccc(/C=C/C(=O)Nc2cccc(-c3nnc4ccccn34)c2)cc1. The molecule has 1 amide bonds. The Balaban J connectivity index is 1.43. The molecule has 30 heavy (non-hydrogen) atoms. The number of rotatable bonds is 7. The standard InChI is InChI=1S/C24H22N4O2/c1-2-16-30-21-12-9-18(10-13-21)11-14-23(29)25-20-7-5-6-19(17-20)24-27-26-22-8-3-4-15-28(22)24/h3-15,17H,2,16H2,1H3,(H,25,29)/b14-11+. The number of hydrogen-bond donors (Lipinski definition) is 1. The van der Waals surface area contributed by atoms with Crippen molar-refractivity contribution in [3.63, 3.8) is 0 Å². The number of aromatic nitrogens is 3. The minimum atomic E-state index is -0.204. The summed E-state index contributed by atoms with van der Waals surface area (Å²) in [5, 5.41) is 11.3. The van der Waals surface area contributed by atoms with Gasteiger partial charge in [-0.05, 0) is 54.5 Å². The molecule has 0 atom stereocenters. The number of hydrogen-bond acceptors (Lipinski definition) is 4. The second kappa shape index (κ2) is 9.05. The number of anilines is 1. The van der Waals surface area contributed by atoms with Crippen LogP contribution in [0.25, 0.3) is 23.1 Å². The minimum absolute atomic E-state index is 0.204. The van der Waals surface area contributed by atoms with Gasteiger partial charge in [0.25, 0.3) is 0 Å². The van der Waals surface area contributed by atoms with E-state index >= 15 is 0 Å². The molecule has 0 fully saturated rings. The topological polar surface area (TPSA) is 68.5 Å². The Bertz CT molecular complexity index is 1180. The summed E-state index contributed by atoms with van der Waals surface area (Å²) in [7, 11) is 0. The van der Waals surface area contributed by atoms with Gasteiger partial charge in [0.15, 0.2) is 11.5 Å². The lowest BCUT2D eigenvalue weighted by molar-refractivity contribution is -0.111. The molecule has 6 nitrogen and oxygen atoms in total. The number of carbonyl (C=O) groups is 1. The summed E-state index contributed by atoms with van der Waals surface area (Å²) >= 11 is 0. The number of nitrogens with one attached hydrogen (secondary N) is 1. The lowest BCUT2D eigenvalue weighted by Crippen LogP contribution is -2.07. The molecule has 1 N–H and O–H groups in total. The highest BCUT2D eigenvalue weighted by atomic mass is 16.5. The predicted molar refractivity (Wildman–Crippen MR) is 118 cm³/mol. The van der Waals surface area contributed by atoms with E-state index in [1.54, 1.807) is 6.08 Å². The molecule has 2 aromatic heterocycles. The van der Waals surface area contributed by atoms with E-state index in [4.69, 9.17) is 4.74 Å². The van der Waals surface area contributed by atoms with Crippen LogP contribution in [0, 0.1) is 0 Å². The summed E-state index contributed by atoms with van der Waals surface area (Å²) in [6.45, 7) is 2.76. The molecular weight excluding hydrogens is 376 g/mol. The average molecular weight is 398 g/mol. The van der Waals surface area contributed by atoms with Crippen molar-refractivity contribution in [2.24, 2.45) is 0 Å². The summed E-state index contributed by atoms with van der Waals surface area (Å²) in [5.74, 6) is 1.35. The first kappa shape index (κ1) is 19.4. The molecule has 0 bridgehead atoms. The third-order valence-electron chi connectivity index (χ3n) is 4.48. The van der Waals surface area contributed by atoms with Crippen LogP contribution < -0.4 is 10.1 Å². The number of fused-ring (bicyclic) bond motifs is 1. The molecule has 0 radical (unpaired) electrons. The molecule has 4 rings (SSSR count). The second-order valence-electron chi connectivity index (χ2n) is 6.77. The zero-order chi connectivity index (χ0) is 20.8. The van der Waals surface area contributed by atoms with Gasteiger partial charge in [0.05, 0.1) is 6.61 Å². The Kier molecular flexibility index (Phi) is 5.85. The van der Waals surface area contributed by atoms with E-state index in [0.717, 1.165) is 34.8 Å². The fraction of sp³-hybridized carbons (Fsp3) is 0.125. The molecular formula is C24H22N4O2. The number of pyridine rings is 1. The lowest BCUT2D eigenvalue weighted by atomic mass is 10.2. The van der Waals surface area contributed by atoms with Crippen molar-refractivity contribution in [3.8, 4) is 17.1 Å². The van der Waals surface area contributed by atoms with Crippen LogP contribution in [0.4, 0.5) is 5.69 Å². The van der Waals surface area contributed by atoms with Crippen molar-refractivity contribution >= 4 is 23.3 Å². The number of ether oxygens (including phenoxy) is 1. The van der Waals surface area contributed by atoms with Crippen LogP contribution >= 0.6 is 0 Å². The van der Waals surface area contributed by atoms with Crippen molar-refractivity contribution in [1.82, 2.24) is 14.6 Å². The number of nitrogens with zero attached hydrogens (tertiary/aromatic N) is 3. The van der Waals surface area contributed by atoms with Crippen LogP contribution in [-0.2, 0) is 4.79 Å². The summed E-state index contributed by atoms with van der Waals surface area (Å²) in [6, 6.07) is 21.0. The molecule has 0 aliphatic carbocycles. The maximum absolute atomic E-state index is 12.3. The van der Waals surface area contributed by atoms with Crippen molar-refractivity contribution in [3.05, 3.63) is 84.6 Å². The fourth-order valence-electron chi connectivity index (χ4n) is 3.03. The molecule has 0 spiro atoms. The Morgan fingerprint density at radius 3 is 2.77 bits per heavy atom. The highest BCUT2D eigenvalue weighted by molar-refractivity contribution is 6.02. The molecule has 150 valence electrons. The largest absolute Gasteiger partial charge is 0.494 e. The van der Waals surface area contributed by atoms with Gasteiger partial charge in [-0.2, -0.15) is 0 Å². The van der Waals surface area contributed by atoms with Crippen LogP contribution in [-0.4, -0.2) is 27.1 Å². The first-order valence-corrected chi connectivity index (χ1v) is 9.85. The van der Waals surface area contributed by atoms with E-state index in [-0.39, 0.29) is 5.91 Å². The van der Waals surface area contributed by atoms with Gasteiger partial charge < -0.3 is 10.1 Å². The molecule has 6 heteroatoms. The van der Waals surface area contributed by atoms with Gasteiger partial charge in [-0.3, -0.25) is 9.20 Å². The van der Waals surface area contributed by atoms with E-state index < -0.39 is 0 Å². The summed E-state index contributed by atoms with van der Waals surface area (Å²) in [5.41, 5.74) is 3.27. The van der Waals surface area contributed by atoms with E-state index in [0.29, 0.717) is 12.3 Å². The summed E-state index contributed by atoms with van der Waals surface area (Å²) in [6.07, 6.45) is 6.17.